The van der Waals surface area contributed by atoms with Gasteiger partial charge in [-0.3, -0.25) is 28.8 Å². The summed E-state index contributed by atoms with van der Waals surface area (Å²) in [6.07, 6.45) is 0.376. The summed E-state index contributed by atoms with van der Waals surface area (Å²) >= 11 is 0. The topological polar surface area (TPSA) is 139 Å². The molecule has 0 bridgehead atoms. The molecule has 12 nitrogen and oxygen atoms in total. The molecule has 6 amide bonds. The van der Waals surface area contributed by atoms with Crippen LogP contribution < -0.4 is 10.6 Å². The Morgan fingerprint density at radius 2 is 1.14 bits per heavy atom. The van der Waals surface area contributed by atoms with Crippen LogP contribution in [-0.2, 0) is 28.8 Å². The second-order valence-electron chi connectivity index (χ2n) is 6.43. The van der Waals surface area contributed by atoms with Gasteiger partial charge in [-0.05, 0) is 6.92 Å². The lowest BCUT2D eigenvalue weighted by atomic mass is 10.4. The SMILES string of the molecule is CCN(C)C(=O)CN(C)C(=O)CNC(=O)CN(C)C(=O)CN(C)C(=O)CNC=O. The summed E-state index contributed by atoms with van der Waals surface area (Å²) in [5.41, 5.74) is 0. The van der Waals surface area contributed by atoms with Crippen LogP contribution in [0.2, 0.25) is 0 Å². The van der Waals surface area contributed by atoms with Gasteiger partial charge in [0.05, 0.1) is 32.7 Å². The Kier molecular flexibility index (Phi) is 11.6. The van der Waals surface area contributed by atoms with E-state index in [4.69, 9.17) is 0 Å². The molecule has 0 aromatic heterocycles. The van der Waals surface area contributed by atoms with Crippen LogP contribution in [0.3, 0.4) is 0 Å². The Bertz CT molecular complexity index is 626. The number of nitrogens with zero attached hydrogens (tertiary/aromatic N) is 4. The van der Waals surface area contributed by atoms with E-state index < -0.39 is 23.6 Å². The van der Waals surface area contributed by atoms with E-state index >= 15 is 0 Å². The zero-order chi connectivity index (χ0) is 22.6. The average molecular weight is 414 g/mol. The van der Waals surface area contributed by atoms with Crippen molar-refractivity contribution in [2.45, 2.75) is 6.92 Å². The van der Waals surface area contributed by atoms with Crippen LogP contribution in [0.4, 0.5) is 0 Å². The van der Waals surface area contributed by atoms with Gasteiger partial charge in [-0.15, -0.1) is 0 Å². The Morgan fingerprint density at radius 3 is 1.62 bits per heavy atom. The fourth-order valence-electron chi connectivity index (χ4n) is 1.93. The van der Waals surface area contributed by atoms with Crippen molar-refractivity contribution in [2.75, 3.05) is 67.5 Å². The number of hydrogen-bond acceptors (Lipinski definition) is 6. The Morgan fingerprint density at radius 1 is 0.690 bits per heavy atom. The van der Waals surface area contributed by atoms with Crippen LogP contribution in [0.25, 0.3) is 0 Å². The number of likely N-dealkylation sites (N-methyl/N-ethyl adjacent to an activating group) is 4. The van der Waals surface area contributed by atoms with Crippen molar-refractivity contribution in [1.29, 1.82) is 0 Å². The highest BCUT2D eigenvalue weighted by molar-refractivity contribution is 5.91. The number of carbonyl (C=O) groups is 6. The molecule has 0 saturated carbocycles. The first kappa shape index (κ1) is 25.8. The number of rotatable bonds is 12. The zero-order valence-electron chi connectivity index (χ0n) is 17.6. The highest BCUT2D eigenvalue weighted by Gasteiger charge is 2.19. The van der Waals surface area contributed by atoms with Gasteiger partial charge in [-0.1, -0.05) is 0 Å². The Balaban J connectivity index is 4.36. The summed E-state index contributed by atoms with van der Waals surface area (Å²) in [5.74, 6) is -2.17. The van der Waals surface area contributed by atoms with Gasteiger partial charge in [0, 0.05) is 34.7 Å². The molecule has 0 aliphatic carbocycles. The molecule has 164 valence electrons. The van der Waals surface area contributed by atoms with Crippen molar-refractivity contribution in [3.8, 4) is 0 Å². The smallest absolute Gasteiger partial charge is 0.242 e. The molecule has 2 N–H and O–H groups in total. The first-order valence-electron chi connectivity index (χ1n) is 8.93. The Hall–Kier alpha value is -3.18. The van der Waals surface area contributed by atoms with E-state index in [1.165, 1.54) is 30.9 Å². The molecule has 0 aromatic rings. The Labute approximate surface area is 170 Å². The van der Waals surface area contributed by atoms with Crippen LogP contribution in [0.1, 0.15) is 6.92 Å². The van der Waals surface area contributed by atoms with Gasteiger partial charge < -0.3 is 30.2 Å². The predicted molar refractivity (Wildman–Crippen MR) is 103 cm³/mol. The first-order chi connectivity index (χ1) is 13.5. The van der Waals surface area contributed by atoms with Gasteiger partial charge in [-0.2, -0.15) is 0 Å². The summed E-state index contributed by atoms with van der Waals surface area (Å²) < 4.78 is 0. The van der Waals surface area contributed by atoms with E-state index in [1.54, 1.807) is 7.05 Å². The normalized spacial score (nSPS) is 9.83. The molecular weight excluding hydrogens is 384 g/mol. The van der Waals surface area contributed by atoms with E-state index in [1.807, 2.05) is 6.92 Å². The number of nitrogens with one attached hydrogen (secondary N) is 2. The molecule has 0 saturated heterocycles. The molecule has 0 atom stereocenters. The number of amides is 6. The van der Waals surface area contributed by atoms with E-state index in [0.29, 0.717) is 13.0 Å². The minimum Gasteiger partial charge on any atom is -0.350 e. The summed E-state index contributed by atoms with van der Waals surface area (Å²) in [7, 11) is 5.86. The molecule has 0 radical (unpaired) electrons. The lowest BCUT2D eigenvalue weighted by Crippen LogP contribution is -2.47. The minimum atomic E-state index is -0.559. The van der Waals surface area contributed by atoms with Crippen molar-refractivity contribution >= 4 is 35.9 Å². The van der Waals surface area contributed by atoms with Crippen molar-refractivity contribution in [3.63, 3.8) is 0 Å². The fourth-order valence-corrected chi connectivity index (χ4v) is 1.93. The molecule has 0 aliphatic rings. The van der Waals surface area contributed by atoms with Crippen molar-refractivity contribution in [1.82, 2.24) is 30.2 Å². The lowest BCUT2D eigenvalue weighted by molar-refractivity contribution is -0.140. The molecule has 12 heteroatoms. The summed E-state index contributed by atoms with van der Waals surface area (Å²) in [4.78, 5) is 74.6. The second-order valence-corrected chi connectivity index (χ2v) is 6.43. The monoisotopic (exact) mass is 414 g/mol. The van der Waals surface area contributed by atoms with Gasteiger partial charge >= 0.3 is 0 Å². The third-order valence-corrected chi connectivity index (χ3v) is 4.08. The molecule has 0 aromatic carbocycles. The first-order valence-corrected chi connectivity index (χ1v) is 8.93. The maximum Gasteiger partial charge on any atom is 0.242 e. The van der Waals surface area contributed by atoms with Gasteiger partial charge in [-0.25, -0.2) is 0 Å². The number of hydrogen-bond donors (Lipinski definition) is 2. The largest absolute Gasteiger partial charge is 0.350 e. The van der Waals surface area contributed by atoms with Gasteiger partial charge in [0.1, 0.15) is 0 Å². The van der Waals surface area contributed by atoms with Crippen LogP contribution in [0.15, 0.2) is 0 Å². The van der Waals surface area contributed by atoms with Crippen LogP contribution in [-0.4, -0.2) is 123 Å². The molecule has 0 fully saturated rings. The maximum atomic E-state index is 12.1. The number of carbonyl (C=O) groups excluding carboxylic acids is 6. The summed E-state index contributed by atoms with van der Waals surface area (Å²) in [5, 5.41) is 4.59. The summed E-state index contributed by atoms with van der Waals surface area (Å²) in [6, 6.07) is 0. The quantitative estimate of drug-likeness (QED) is 0.321. The van der Waals surface area contributed by atoms with Gasteiger partial charge in [0.2, 0.25) is 35.9 Å². The third kappa shape index (κ3) is 10.1. The molecule has 0 heterocycles. The molecule has 0 rings (SSSR count). The van der Waals surface area contributed by atoms with Gasteiger partial charge in [0.15, 0.2) is 0 Å². The third-order valence-electron chi connectivity index (χ3n) is 4.08. The van der Waals surface area contributed by atoms with Gasteiger partial charge in [0.25, 0.3) is 0 Å². The highest BCUT2D eigenvalue weighted by atomic mass is 16.2. The predicted octanol–water partition coefficient (Wildman–Crippen LogP) is -3.30. The molecule has 0 spiro atoms. The zero-order valence-corrected chi connectivity index (χ0v) is 17.6. The van der Waals surface area contributed by atoms with Crippen molar-refractivity contribution in [2.24, 2.45) is 0 Å². The van der Waals surface area contributed by atoms with E-state index in [-0.39, 0.29) is 38.6 Å². The minimum absolute atomic E-state index is 0.100. The van der Waals surface area contributed by atoms with E-state index in [0.717, 1.165) is 9.80 Å². The maximum absolute atomic E-state index is 12.1. The molecule has 29 heavy (non-hydrogen) atoms. The van der Waals surface area contributed by atoms with Crippen molar-refractivity contribution in [3.05, 3.63) is 0 Å². The van der Waals surface area contributed by atoms with E-state index in [9.17, 15) is 28.8 Å². The molecule has 0 unspecified atom stereocenters. The fraction of sp³-hybridized carbons (Fsp3) is 0.647. The standard InChI is InChI=1S/C17H30N6O6/c1-6-20(2)16(28)10-23(5)15(27)8-19-13(25)9-21(3)17(29)11-22(4)14(26)7-18-12-24/h12H,6-11H2,1-5H3,(H,18,24)(H,19,25). The van der Waals surface area contributed by atoms with Crippen LogP contribution in [0.5, 0.6) is 0 Å². The molecular formula is C17H30N6O6. The highest BCUT2D eigenvalue weighted by Crippen LogP contribution is 1.92. The summed E-state index contributed by atoms with van der Waals surface area (Å²) in [6.45, 7) is 1.12. The van der Waals surface area contributed by atoms with Crippen molar-refractivity contribution < 1.29 is 28.8 Å². The van der Waals surface area contributed by atoms with Crippen LogP contribution in [0, 0.1) is 0 Å². The average Bonchev–Trinajstić information content (AvgIpc) is 2.68. The van der Waals surface area contributed by atoms with E-state index in [2.05, 4.69) is 10.6 Å². The second kappa shape index (κ2) is 13.1. The molecule has 0 aliphatic heterocycles. The lowest BCUT2D eigenvalue weighted by Gasteiger charge is -2.22. The van der Waals surface area contributed by atoms with Crippen LogP contribution >= 0.6 is 0 Å².